The maximum absolute atomic E-state index is 16.0. The van der Waals surface area contributed by atoms with Crippen LogP contribution in [0.5, 0.6) is 5.75 Å². The molecule has 2 amide bonds. The summed E-state index contributed by atoms with van der Waals surface area (Å²) < 4.78 is 55.4. The van der Waals surface area contributed by atoms with Gasteiger partial charge in [-0.2, -0.15) is 0 Å². The Labute approximate surface area is 327 Å². The average Bonchev–Trinajstić information content (AvgIpc) is 3.16. The average molecular weight is 835 g/mol. The number of rotatable bonds is 14. The molecule has 0 radical (unpaired) electrons. The van der Waals surface area contributed by atoms with Crippen molar-refractivity contribution in [2.45, 2.75) is 125 Å². The predicted octanol–water partition coefficient (Wildman–Crippen LogP) is -4.60. The lowest BCUT2D eigenvalue weighted by Gasteiger charge is -2.50. The van der Waals surface area contributed by atoms with E-state index in [1.165, 1.54) is 18.2 Å². The number of ether oxygens (including phenoxy) is 6. The van der Waals surface area contributed by atoms with Gasteiger partial charge in [0.2, 0.25) is 18.1 Å². The number of carboxylic acid groups (broad SMARTS) is 1. The van der Waals surface area contributed by atoms with Crippen molar-refractivity contribution in [3.8, 4) is 5.75 Å². The van der Waals surface area contributed by atoms with E-state index in [4.69, 9.17) is 32.8 Å². The van der Waals surface area contributed by atoms with Gasteiger partial charge in [-0.15, -0.1) is 0 Å². The zero-order valence-corrected chi connectivity index (χ0v) is 31.2. The van der Waals surface area contributed by atoms with E-state index >= 15 is 4.39 Å². The molecule has 3 saturated heterocycles. The SMILES string of the molecule is CC(=O)NC1C(O)[C@H](O[C@@H]2OC(CO)[C@H](F)C(O[C@]3(C(=O)O)CC(O)[C@@H](NC(C)=O)C([C@H](O)[C@H](O)CO)O3)C2O)C(CO)O[C@H]1Oc1ccc2c(C)cc(=O)oc2c1. The van der Waals surface area contributed by atoms with Gasteiger partial charge in [0.25, 0.3) is 5.79 Å². The molecule has 8 unspecified atom stereocenters. The van der Waals surface area contributed by atoms with E-state index in [9.17, 15) is 65.1 Å². The Morgan fingerprint density at radius 3 is 2.17 bits per heavy atom. The first-order valence-corrected chi connectivity index (χ1v) is 18.0. The molecule has 58 heavy (non-hydrogen) atoms. The molecular weight excluding hydrogens is 787 g/mol. The second-order valence-corrected chi connectivity index (χ2v) is 14.2. The molecule has 1 aromatic carbocycles. The van der Waals surface area contributed by atoms with Gasteiger partial charge in [0.1, 0.15) is 72.3 Å². The lowest BCUT2D eigenvalue weighted by Crippen LogP contribution is -2.71. The molecule has 3 aliphatic rings. The molecule has 2 aromatic rings. The molecule has 0 spiro atoms. The molecule has 0 bridgehead atoms. The van der Waals surface area contributed by atoms with E-state index < -0.39 is 147 Å². The van der Waals surface area contributed by atoms with Gasteiger partial charge in [-0.3, -0.25) is 9.59 Å². The highest BCUT2D eigenvalue weighted by atomic mass is 19.1. The number of aryl methyl sites for hydroxylation is 1. The Kier molecular flexibility index (Phi) is 14.4. The fraction of sp³-hybridized carbons (Fsp3) is 0.657. The van der Waals surface area contributed by atoms with Crippen LogP contribution in [-0.4, -0.2) is 181 Å². The summed E-state index contributed by atoms with van der Waals surface area (Å²) in [6, 6.07) is 2.60. The van der Waals surface area contributed by atoms with Crippen molar-refractivity contribution >= 4 is 28.8 Å². The van der Waals surface area contributed by atoms with E-state index in [2.05, 4.69) is 10.6 Å². The molecular formula is C35H47FN2O20. The minimum atomic E-state index is -3.15. The van der Waals surface area contributed by atoms with Gasteiger partial charge < -0.3 is 89.4 Å². The number of amides is 2. The van der Waals surface area contributed by atoms with Gasteiger partial charge in [0.15, 0.2) is 12.5 Å². The number of alkyl halides is 1. The minimum Gasteiger partial charge on any atom is -0.477 e. The lowest BCUT2D eigenvalue weighted by atomic mass is 9.88. The molecule has 23 heteroatoms. The number of carbonyl (C=O) groups is 3. The molecule has 3 aliphatic heterocycles. The van der Waals surface area contributed by atoms with Crippen LogP contribution in [-0.2, 0) is 38.1 Å². The standard InChI is InChI=1S/C35H47FN2O20/c1-12-6-22(46)53-19-7-15(4-5-16(12)19)52-32-25(38-14(3)43)27(48)29(21(11-41)55-32)56-33-28(49)30(23(36)20(10-40)54-33)57-35(34(50)51)8-17(44)24(37-13(2)42)31(58-35)26(47)18(45)9-39/h4-7,17-18,20-21,23-33,39-41,44-45,47-49H,8-11H2,1-3H3,(H,37,42)(H,38,43)(H,50,51)/t17?,18-,20?,21?,23+,24-,25?,26-,27?,28?,29-,30?,31?,32-,33+,35-/m1/s1. The minimum absolute atomic E-state index is 0.0436. The number of hydrogen-bond acceptors (Lipinski definition) is 19. The fourth-order valence-corrected chi connectivity index (χ4v) is 7.13. The highest BCUT2D eigenvalue weighted by Crippen LogP contribution is 2.39. The normalized spacial score (nSPS) is 36.4. The molecule has 324 valence electrons. The van der Waals surface area contributed by atoms with Crippen LogP contribution in [0.25, 0.3) is 11.0 Å². The number of carboxylic acids is 1. The van der Waals surface area contributed by atoms with E-state index in [0.717, 1.165) is 13.8 Å². The van der Waals surface area contributed by atoms with Crippen molar-refractivity contribution < 1.29 is 97.6 Å². The third-order valence-electron chi connectivity index (χ3n) is 9.98. The Bertz CT molecular complexity index is 1840. The molecule has 16 atom stereocenters. The quantitative estimate of drug-likeness (QED) is 0.0798. The summed E-state index contributed by atoms with van der Waals surface area (Å²) in [4.78, 5) is 49.0. The van der Waals surface area contributed by atoms with Gasteiger partial charge >= 0.3 is 11.6 Å². The van der Waals surface area contributed by atoms with Crippen LogP contribution in [0.4, 0.5) is 4.39 Å². The largest absolute Gasteiger partial charge is 0.477 e. The molecule has 11 N–H and O–H groups in total. The van der Waals surface area contributed by atoms with Crippen molar-refractivity contribution in [2.75, 3.05) is 19.8 Å². The summed E-state index contributed by atoms with van der Waals surface area (Å²) in [6.07, 6.45) is -27.3. The Balaban J connectivity index is 1.42. The number of halogens is 1. The molecule has 0 aliphatic carbocycles. The van der Waals surface area contributed by atoms with E-state index in [-0.39, 0.29) is 11.3 Å². The number of aliphatic carboxylic acids is 1. The van der Waals surface area contributed by atoms with Crippen molar-refractivity contribution in [3.05, 3.63) is 40.2 Å². The molecule has 5 rings (SSSR count). The smallest absolute Gasteiger partial charge is 0.364 e. The van der Waals surface area contributed by atoms with E-state index in [1.807, 2.05) is 0 Å². The van der Waals surface area contributed by atoms with Crippen LogP contribution in [0.3, 0.4) is 0 Å². The van der Waals surface area contributed by atoms with E-state index in [1.54, 1.807) is 13.0 Å². The van der Waals surface area contributed by atoms with Crippen molar-refractivity contribution in [1.29, 1.82) is 0 Å². The Morgan fingerprint density at radius 2 is 1.57 bits per heavy atom. The number of benzene rings is 1. The highest BCUT2D eigenvalue weighted by Gasteiger charge is 2.60. The molecule has 0 saturated carbocycles. The van der Waals surface area contributed by atoms with Crippen molar-refractivity contribution in [3.63, 3.8) is 0 Å². The maximum atomic E-state index is 16.0. The number of aliphatic hydroxyl groups excluding tert-OH is 8. The molecule has 1 aromatic heterocycles. The summed E-state index contributed by atoms with van der Waals surface area (Å²) in [7, 11) is 0. The third-order valence-corrected chi connectivity index (χ3v) is 9.98. The van der Waals surface area contributed by atoms with Crippen LogP contribution >= 0.6 is 0 Å². The van der Waals surface area contributed by atoms with Crippen LogP contribution in [0.2, 0.25) is 0 Å². The number of aliphatic hydroxyl groups is 8. The Hall–Kier alpha value is -3.95. The number of nitrogens with one attached hydrogen (secondary N) is 2. The second-order valence-electron chi connectivity index (χ2n) is 14.2. The Morgan fingerprint density at radius 1 is 0.931 bits per heavy atom. The number of carbonyl (C=O) groups excluding carboxylic acids is 2. The topological polar surface area (TPSA) is 343 Å². The van der Waals surface area contributed by atoms with Crippen molar-refractivity contribution in [2.24, 2.45) is 0 Å². The molecule has 22 nitrogen and oxygen atoms in total. The summed E-state index contributed by atoms with van der Waals surface area (Å²) >= 11 is 0. The molecule has 4 heterocycles. The van der Waals surface area contributed by atoms with Gasteiger partial charge in [-0.05, 0) is 24.6 Å². The lowest BCUT2D eigenvalue weighted by molar-refractivity contribution is -0.376. The van der Waals surface area contributed by atoms with Crippen LogP contribution < -0.4 is 21.0 Å². The van der Waals surface area contributed by atoms with Crippen LogP contribution in [0.15, 0.2) is 33.5 Å². The summed E-state index contributed by atoms with van der Waals surface area (Å²) in [5.41, 5.74) is 0.113. The van der Waals surface area contributed by atoms with E-state index in [0.29, 0.717) is 10.9 Å². The predicted molar refractivity (Wildman–Crippen MR) is 186 cm³/mol. The number of hydrogen-bond donors (Lipinski definition) is 11. The first-order valence-electron chi connectivity index (χ1n) is 18.0. The summed E-state index contributed by atoms with van der Waals surface area (Å²) in [5, 5.41) is 100. The van der Waals surface area contributed by atoms with Crippen LogP contribution in [0.1, 0.15) is 25.8 Å². The first-order chi connectivity index (χ1) is 27.3. The monoisotopic (exact) mass is 834 g/mol. The third kappa shape index (κ3) is 9.41. The summed E-state index contributed by atoms with van der Waals surface area (Å²) in [5.74, 6) is -6.64. The highest BCUT2D eigenvalue weighted by molar-refractivity contribution is 5.81. The molecule has 3 fully saturated rings. The maximum Gasteiger partial charge on any atom is 0.364 e. The van der Waals surface area contributed by atoms with Crippen LogP contribution in [0, 0.1) is 6.92 Å². The van der Waals surface area contributed by atoms with Gasteiger partial charge in [-0.25, -0.2) is 14.0 Å². The van der Waals surface area contributed by atoms with Crippen molar-refractivity contribution in [1.82, 2.24) is 10.6 Å². The first kappa shape index (κ1) is 45.1. The fourth-order valence-electron chi connectivity index (χ4n) is 7.13. The number of fused-ring (bicyclic) bond motifs is 1. The zero-order valence-electron chi connectivity index (χ0n) is 31.2. The van der Waals surface area contributed by atoms with Gasteiger partial charge in [-0.1, -0.05) is 0 Å². The van der Waals surface area contributed by atoms with Gasteiger partial charge in [0.05, 0.1) is 32.0 Å². The van der Waals surface area contributed by atoms with Gasteiger partial charge in [0, 0.05) is 37.8 Å². The summed E-state index contributed by atoms with van der Waals surface area (Å²) in [6.45, 7) is 0.678. The second kappa shape index (κ2) is 18.5. The zero-order chi connectivity index (χ0) is 42.8.